The number of carbonyl (C=O) groups excluding carboxylic acids is 2. The molecule has 1 fully saturated rings. The Hall–Kier alpha value is -2.93. The zero-order valence-corrected chi connectivity index (χ0v) is 17.5. The van der Waals surface area contributed by atoms with Gasteiger partial charge in [-0.05, 0) is 57.0 Å². The van der Waals surface area contributed by atoms with Gasteiger partial charge in [0.1, 0.15) is 0 Å². The summed E-state index contributed by atoms with van der Waals surface area (Å²) >= 11 is 0. The van der Waals surface area contributed by atoms with Gasteiger partial charge in [-0.2, -0.15) is 0 Å². The van der Waals surface area contributed by atoms with Crippen molar-refractivity contribution < 1.29 is 9.59 Å². The molecule has 1 atom stereocenters. The number of nitrogens with zero attached hydrogens (tertiary/aromatic N) is 2. The molecule has 3 rings (SSSR count). The van der Waals surface area contributed by atoms with Crippen LogP contribution in [0.15, 0.2) is 42.7 Å². The zero-order valence-electron chi connectivity index (χ0n) is 17.5. The van der Waals surface area contributed by atoms with Gasteiger partial charge >= 0.3 is 6.03 Å². The minimum atomic E-state index is -0.344. The van der Waals surface area contributed by atoms with E-state index in [0.29, 0.717) is 24.3 Å². The van der Waals surface area contributed by atoms with Gasteiger partial charge in [-0.15, -0.1) is 0 Å². The number of rotatable bonds is 3. The summed E-state index contributed by atoms with van der Waals surface area (Å²) in [5.41, 5.74) is 2.74. The van der Waals surface area contributed by atoms with Gasteiger partial charge in [-0.3, -0.25) is 9.78 Å². The molecule has 7 heteroatoms. The molecule has 1 saturated heterocycles. The summed E-state index contributed by atoms with van der Waals surface area (Å²) in [4.78, 5) is 31.6. The molecule has 1 aromatic heterocycles. The Morgan fingerprint density at radius 1 is 1.24 bits per heavy atom. The smallest absolute Gasteiger partial charge is 0.319 e. The van der Waals surface area contributed by atoms with Crippen LogP contribution < -0.4 is 16.0 Å². The Balaban J connectivity index is 1.82. The average molecular weight is 396 g/mol. The topological polar surface area (TPSA) is 86.4 Å². The fourth-order valence-corrected chi connectivity index (χ4v) is 3.37. The molecule has 0 bridgehead atoms. The van der Waals surface area contributed by atoms with Gasteiger partial charge in [-0.1, -0.05) is 12.1 Å². The lowest BCUT2D eigenvalue weighted by Crippen LogP contribution is -2.48. The standard InChI is InChI=1S/C22H29N5O2/c1-15-7-8-16(12-18(15)25-21(29)26-22(2,3)4)20(28)27-11-10-24-14-19(27)17-6-5-9-23-13-17/h5-9,12-13,19,24H,10-11,14H2,1-4H3,(H2,25,26,29). The summed E-state index contributed by atoms with van der Waals surface area (Å²) in [7, 11) is 0. The summed E-state index contributed by atoms with van der Waals surface area (Å²) in [6.07, 6.45) is 3.53. The predicted octanol–water partition coefficient (Wildman–Crippen LogP) is 3.10. The van der Waals surface area contributed by atoms with Gasteiger partial charge in [0.2, 0.25) is 0 Å². The van der Waals surface area contributed by atoms with E-state index in [2.05, 4.69) is 20.9 Å². The van der Waals surface area contributed by atoms with Crippen LogP contribution in [0.1, 0.15) is 48.3 Å². The van der Waals surface area contributed by atoms with Crippen LogP contribution in [-0.2, 0) is 0 Å². The molecule has 1 unspecified atom stereocenters. The van der Waals surface area contributed by atoms with Crippen LogP contribution in [0.3, 0.4) is 0 Å². The van der Waals surface area contributed by atoms with Gasteiger partial charge < -0.3 is 20.9 Å². The van der Waals surface area contributed by atoms with Crippen molar-refractivity contribution in [3.05, 3.63) is 59.4 Å². The first kappa shape index (κ1) is 20.8. The van der Waals surface area contributed by atoms with E-state index in [1.165, 1.54) is 0 Å². The van der Waals surface area contributed by atoms with Crippen molar-refractivity contribution in [1.82, 2.24) is 20.5 Å². The zero-order chi connectivity index (χ0) is 21.0. The first-order valence-electron chi connectivity index (χ1n) is 9.86. The van der Waals surface area contributed by atoms with E-state index in [1.807, 2.05) is 56.9 Å². The summed E-state index contributed by atoms with van der Waals surface area (Å²) in [6, 6.07) is 8.93. The number of piperazine rings is 1. The van der Waals surface area contributed by atoms with E-state index in [0.717, 1.165) is 17.7 Å². The van der Waals surface area contributed by atoms with Crippen molar-refractivity contribution in [1.29, 1.82) is 0 Å². The molecule has 1 aromatic carbocycles. The number of urea groups is 1. The summed E-state index contributed by atoms with van der Waals surface area (Å²) < 4.78 is 0. The van der Waals surface area contributed by atoms with Gasteiger partial charge in [0.15, 0.2) is 0 Å². The molecular formula is C22H29N5O2. The summed E-state index contributed by atoms with van der Waals surface area (Å²) in [5, 5.41) is 9.09. The van der Waals surface area contributed by atoms with Crippen molar-refractivity contribution in [3.63, 3.8) is 0 Å². The fraction of sp³-hybridized carbons (Fsp3) is 0.409. The molecule has 1 aliphatic heterocycles. The third-order valence-electron chi connectivity index (χ3n) is 4.79. The maximum atomic E-state index is 13.3. The van der Waals surface area contributed by atoms with Crippen LogP contribution in [0.25, 0.3) is 0 Å². The van der Waals surface area contributed by atoms with Crippen molar-refractivity contribution >= 4 is 17.6 Å². The number of nitrogens with one attached hydrogen (secondary N) is 3. The van der Waals surface area contributed by atoms with Crippen LogP contribution in [0.4, 0.5) is 10.5 Å². The monoisotopic (exact) mass is 395 g/mol. The number of aromatic nitrogens is 1. The highest BCUT2D eigenvalue weighted by Gasteiger charge is 2.29. The van der Waals surface area contributed by atoms with Gasteiger partial charge in [0.25, 0.3) is 5.91 Å². The third-order valence-corrected chi connectivity index (χ3v) is 4.79. The first-order valence-corrected chi connectivity index (χ1v) is 9.86. The molecule has 2 heterocycles. The third kappa shape index (κ3) is 5.32. The van der Waals surface area contributed by atoms with E-state index in [4.69, 9.17) is 0 Å². The minimum absolute atomic E-state index is 0.0559. The first-order chi connectivity index (χ1) is 13.7. The highest BCUT2D eigenvalue weighted by Crippen LogP contribution is 2.25. The molecule has 3 N–H and O–H groups in total. The molecule has 0 spiro atoms. The van der Waals surface area contributed by atoms with E-state index in [9.17, 15) is 9.59 Å². The highest BCUT2D eigenvalue weighted by atomic mass is 16.2. The van der Waals surface area contributed by atoms with Crippen LogP contribution in [0, 0.1) is 6.92 Å². The number of aryl methyl sites for hydroxylation is 1. The number of carbonyl (C=O) groups is 2. The van der Waals surface area contributed by atoms with Gasteiger partial charge in [-0.25, -0.2) is 4.79 Å². The van der Waals surface area contributed by atoms with E-state index in [-0.39, 0.29) is 23.5 Å². The Labute approximate surface area is 171 Å². The Morgan fingerprint density at radius 2 is 2.03 bits per heavy atom. The molecule has 0 saturated carbocycles. The number of pyridine rings is 1. The average Bonchev–Trinajstić information content (AvgIpc) is 2.68. The number of hydrogen-bond donors (Lipinski definition) is 3. The Bertz CT molecular complexity index is 877. The molecule has 2 aromatic rings. The van der Waals surface area contributed by atoms with Crippen molar-refractivity contribution in [2.75, 3.05) is 25.0 Å². The molecule has 154 valence electrons. The summed E-state index contributed by atoms with van der Waals surface area (Å²) in [6.45, 7) is 9.70. The molecule has 3 amide bonds. The lowest BCUT2D eigenvalue weighted by Gasteiger charge is -2.36. The Morgan fingerprint density at radius 3 is 2.72 bits per heavy atom. The van der Waals surface area contributed by atoms with Crippen molar-refractivity contribution in [2.24, 2.45) is 0 Å². The van der Waals surface area contributed by atoms with Gasteiger partial charge in [0, 0.05) is 48.8 Å². The Kier molecular flexibility index (Phi) is 6.17. The van der Waals surface area contributed by atoms with E-state index in [1.54, 1.807) is 18.5 Å². The SMILES string of the molecule is Cc1ccc(C(=O)N2CCNCC2c2cccnc2)cc1NC(=O)NC(C)(C)C. The summed E-state index contributed by atoms with van der Waals surface area (Å²) in [5.74, 6) is -0.0559. The normalized spacial score (nSPS) is 17.0. The number of benzene rings is 1. The quantitative estimate of drug-likeness (QED) is 0.745. The number of anilines is 1. The van der Waals surface area contributed by atoms with Crippen molar-refractivity contribution in [3.8, 4) is 0 Å². The predicted molar refractivity (Wildman–Crippen MR) is 114 cm³/mol. The molecule has 1 aliphatic rings. The second-order valence-corrected chi connectivity index (χ2v) is 8.36. The highest BCUT2D eigenvalue weighted by molar-refractivity contribution is 5.97. The van der Waals surface area contributed by atoms with Gasteiger partial charge in [0.05, 0.1) is 6.04 Å². The van der Waals surface area contributed by atoms with Crippen LogP contribution in [0.5, 0.6) is 0 Å². The lowest BCUT2D eigenvalue weighted by atomic mass is 10.0. The number of hydrogen-bond acceptors (Lipinski definition) is 4. The maximum absolute atomic E-state index is 13.3. The number of amides is 3. The molecule has 29 heavy (non-hydrogen) atoms. The fourth-order valence-electron chi connectivity index (χ4n) is 3.37. The largest absolute Gasteiger partial charge is 0.333 e. The second-order valence-electron chi connectivity index (χ2n) is 8.36. The van der Waals surface area contributed by atoms with Crippen LogP contribution >= 0.6 is 0 Å². The second kappa shape index (κ2) is 8.61. The van der Waals surface area contributed by atoms with Crippen LogP contribution in [0.2, 0.25) is 0 Å². The maximum Gasteiger partial charge on any atom is 0.319 e. The minimum Gasteiger partial charge on any atom is -0.333 e. The molecule has 0 aliphatic carbocycles. The van der Waals surface area contributed by atoms with E-state index < -0.39 is 0 Å². The molecule has 0 radical (unpaired) electrons. The van der Waals surface area contributed by atoms with E-state index >= 15 is 0 Å². The van der Waals surface area contributed by atoms with Crippen LogP contribution in [-0.4, -0.2) is 47.0 Å². The lowest BCUT2D eigenvalue weighted by molar-refractivity contribution is 0.0634. The molecular weight excluding hydrogens is 366 g/mol. The molecule has 7 nitrogen and oxygen atoms in total. The van der Waals surface area contributed by atoms with Crippen molar-refractivity contribution in [2.45, 2.75) is 39.3 Å².